The summed E-state index contributed by atoms with van der Waals surface area (Å²) >= 11 is 0. The fourth-order valence-corrected chi connectivity index (χ4v) is 7.08. The van der Waals surface area contributed by atoms with E-state index < -0.39 is 11.6 Å². The quantitative estimate of drug-likeness (QED) is 0.739. The molecule has 4 aliphatic carbocycles. The Morgan fingerprint density at radius 3 is 2.56 bits per heavy atom. The predicted molar refractivity (Wildman–Crippen MR) is 93.7 cm³/mol. The van der Waals surface area contributed by atoms with Crippen molar-refractivity contribution in [2.24, 2.45) is 28.6 Å². The predicted octanol–water partition coefficient (Wildman–Crippen LogP) is 3.42. The third kappa shape index (κ3) is 2.09. The number of rotatable bonds is 1. The van der Waals surface area contributed by atoms with E-state index in [1.807, 2.05) is 6.08 Å². The van der Waals surface area contributed by atoms with E-state index in [-0.39, 0.29) is 16.6 Å². The summed E-state index contributed by atoms with van der Waals surface area (Å²) in [6.07, 6.45) is 8.93. The Balaban J connectivity index is 1.68. The molecule has 0 heterocycles. The molecule has 1 N–H and O–H groups in total. The molecule has 3 fully saturated rings. The highest BCUT2D eigenvalue weighted by molar-refractivity contribution is 5.91. The average Bonchev–Trinajstić information content (AvgIpc) is 2.87. The van der Waals surface area contributed by atoms with Crippen LogP contribution in [-0.2, 0) is 14.3 Å². The van der Waals surface area contributed by atoms with Gasteiger partial charge in [-0.15, -0.1) is 0 Å². The first kappa shape index (κ1) is 17.3. The van der Waals surface area contributed by atoms with Crippen LogP contribution in [0.1, 0.15) is 65.2 Å². The molecule has 6 atom stereocenters. The van der Waals surface area contributed by atoms with Gasteiger partial charge in [0.1, 0.15) is 0 Å². The van der Waals surface area contributed by atoms with Crippen molar-refractivity contribution in [3.63, 3.8) is 0 Å². The molecule has 3 saturated carbocycles. The van der Waals surface area contributed by atoms with E-state index in [0.717, 1.165) is 38.5 Å². The zero-order valence-electron chi connectivity index (χ0n) is 15.6. The van der Waals surface area contributed by atoms with Crippen LogP contribution in [0.2, 0.25) is 0 Å². The van der Waals surface area contributed by atoms with Crippen LogP contribution < -0.4 is 0 Å². The third-order valence-electron chi connectivity index (χ3n) is 8.64. The largest absolute Gasteiger partial charge is 0.467 e. The lowest BCUT2D eigenvalue weighted by Gasteiger charge is -2.58. The number of ether oxygens (including phenoxy) is 1. The van der Waals surface area contributed by atoms with Crippen LogP contribution in [0, 0.1) is 28.6 Å². The molecule has 0 amide bonds. The van der Waals surface area contributed by atoms with Gasteiger partial charge in [0, 0.05) is 11.8 Å². The van der Waals surface area contributed by atoms with Gasteiger partial charge in [-0.3, -0.25) is 4.79 Å². The van der Waals surface area contributed by atoms with Crippen molar-refractivity contribution in [3.8, 4) is 0 Å². The number of methoxy groups -OCH3 is 1. The number of hydrogen-bond acceptors (Lipinski definition) is 4. The molecule has 4 nitrogen and oxygen atoms in total. The molecular weight excluding hydrogens is 316 g/mol. The summed E-state index contributed by atoms with van der Waals surface area (Å²) in [6.45, 7) is 4.46. The van der Waals surface area contributed by atoms with Gasteiger partial charge >= 0.3 is 5.97 Å². The number of hydrogen-bond donors (Lipinski definition) is 1. The molecule has 138 valence electrons. The smallest absolute Gasteiger partial charge is 0.338 e. The maximum Gasteiger partial charge on any atom is 0.338 e. The maximum atomic E-state index is 12.4. The van der Waals surface area contributed by atoms with Crippen molar-refractivity contribution in [3.05, 3.63) is 11.6 Å². The number of carbonyl (C=O) groups is 2. The van der Waals surface area contributed by atoms with Gasteiger partial charge in [-0.2, -0.15) is 0 Å². The van der Waals surface area contributed by atoms with Gasteiger partial charge in [-0.05, 0) is 74.2 Å². The van der Waals surface area contributed by atoms with Gasteiger partial charge in [0.25, 0.3) is 0 Å². The number of esters is 1. The molecule has 0 unspecified atom stereocenters. The molecule has 4 rings (SSSR count). The van der Waals surface area contributed by atoms with Crippen molar-refractivity contribution in [2.45, 2.75) is 70.8 Å². The summed E-state index contributed by atoms with van der Waals surface area (Å²) < 4.78 is 4.97. The Bertz CT molecular complexity index is 652. The number of allylic oxidation sites excluding steroid dienone is 1. The van der Waals surface area contributed by atoms with E-state index in [4.69, 9.17) is 4.74 Å². The molecule has 0 radical (unpaired) electrons. The first-order chi connectivity index (χ1) is 11.8. The van der Waals surface area contributed by atoms with Crippen LogP contribution in [0.3, 0.4) is 0 Å². The van der Waals surface area contributed by atoms with Crippen LogP contribution in [-0.4, -0.2) is 29.6 Å². The minimum absolute atomic E-state index is 0.129. The van der Waals surface area contributed by atoms with Crippen molar-refractivity contribution >= 4 is 11.8 Å². The van der Waals surface area contributed by atoms with Crippen LogP contribution in [0.5, 0.6) is 0 Å². The summed E-state index contributed by atoms with van der Waals surface area (Å²) in [5, 5.41) is 11.2. The summed E-state index contributed by atoms with van der Waals surface area (Å²) in [7, 11) is 1.38. The Morgan fingerprint density at radius 1 is 1.12 bits per heavy atom. The number of aliphatic hydroxyl groups is 1. The Kier molecular flexibility index (Phi) is 3.74. The zero-order chi connectivity index (χ0) is 18.0. The van der Waals surface area contributed by atoms with Gasteiger partial charge in [-0.25, -0.2) is 4.79 Å². The average molecular weight is 346 g/mol. The van der Waals surface area contributed by atoms with E-state index in [9.17, 15) is 14.7 Å². The van der Waals surface area contributed by atoms with Crippen LogP contribution >= 0.6 is 0 Å². The molecule has 4 heteroatoms. The fourth-order valence-electron chi connectivity index (χ4n) is 7.08. The lowest BCUT2D eigenvalue weighted by atomic mass is 9.46. The Labute approximate surface area is 150 Å². The van der Waals surface area contributed by atoms with Crippen molar-refractivity contribution in [1.82, 2.24) is 0 Å². The molecular formula is C21H30O4. The van der Waals surface area contributed by atoms with E-state index >= 15 is 0 Å². The van der Waals surface area contributed by atoms with Gasteiger partial charge in [0.05, 0.1) is 7.11 Å². The van der Waals surface area contributed by atoms with Gasteiger partial charge in [0.15, 0.2) is 11.4 Å². The molecule has 0 spiro atoms. The number of ketones is 1. The summed E-state index contributed by atoms with van der Waals surface area (Å²) in [5.41, 5.74) is -0.237. The zero-order valence-corrected chi connectivity index (χ0v) is 15.6. The van der Waals surface area contributed by atoms with E-state index in [2.05, 4.69) is 13.8 Å². The molecule has 4 aliphatic rings. The minimum atomic E-state index is -1.34. The molecule has 0 bridgehead atoms. The minimum Gasteiger partial charge on any atom is -0.467 e. The molecule has 25 heavy (non-hydrogen) atoms. The first-order valence-electron chi connectivity index (χ1n) is 9.81. The second kappa shape index (κ2) is 5.42. The standard InChI is InChI=1S/C21H30O4/c1-19-9-6-14(22)12-13(19)4-5-15-16(19)7-10-20(2)17(15)8-11-21(20,24)18(23)25-3/h12,15-17,24H,4-11H2,1-3H3/t15-,16+,17+,19+,20-,21+/m0/s1. The second-order valence-electron chi connectivity index (χ2n) is 9.32. The lowest BCUT2D eigenvalue weighted by molar-refractivity contribution is -0.184. The van der Waals surface area contributed by atoms with Gasteiger partial charge < -0.3 is 9.84 Å². The highest BCUT2D eigenvalue weighted by Gasteiger charge is 2.67. The summed E-state index contributed by atoms with van der Waals surface area (Å²) in [6, 6.07) is 0. The van der Waals surface area contributed by atoms with Crippen molar-refractivity contribution < 1.29 is 19.4 Å². The normalized spacial score (nSPS) is 48.9. The Hall–Kier alpha value is -1.16. The van der Waals surface area contributed by atoms with Crippen molar-refractivity contribution in [2.75, 3.05) is 7.11 Å². The molecule has 0 aliphatic heterocycles. The molecule has 0 saturated heterocycles. The van der Waals surface area contributed by atoms with Gasteiger partial charge in [0.2, 0.25) is 0 Å². The topological polar surface area (TPSA) is 63.6 Å². The molecule has 0 aromatic carbocycles. The molecule has 0 aromatic rings. The highest BCUT2D eigenvalue weighted by atomic mass is 16.5. The van der Waals surface area contributed by atoms with Crippen LogP contribution in [0.15, 0.2) is 11.6 Å². The SMILES string of the molecule is COC(=O)[C@]1(O)CC[C@@H]2[C@H]3CCC4=CC(=O)CC[C@@]4(C)[C@@H]3CC[C@@]21C. The number of carbonyl (C=O) groups excluding carboxylic acids is 2. The first-order valence-corrected chi connectivity index (χ1v) is 9.81. The summed E-state index contributed by atoms with van der Waals surface area (Å²) in [4.78, 5) is 24.3. The highest BCUT2D eigenvalue weighted by Crippen LogP contribution is 2.67. The van der Waals surface area contributed by atoms with Crippen LogP contribution in [0.25, 0.3) is 0 Å². The third-order valence-corrected chi connectivity index (χ3v) is 8.64. The fraction of sp³-hybridized carbons (Fsp3) is 0.810. The Morgan fingerprint density at radius 2 is 1.84 bits per heavy atom. The van der Waals surface area contributed by atoms with E-state index in [0.29, 0.717) is 30.6 Å². The monoisotopic (exact) mass is 346 g/mol. The lowest BCUT2D eigenvalue weighted by Crippen LogP contribution is -2.57. The number of fused-ring (bicyclic) bond motifs is 5. The van der Waals surface area contributed by atoms with Crippen LogP contribution in [0.4, 0.5) is 0 Å². The van der Waals surface area contributed by atoms with E-state index in [1.54, 1.807) is 0 Å². The second-order valence-corrected chi connectivity index (χ2v) is 9.32. The molecule has 0 aromatic heterocycles. The van der Waals surface area contributed by atoms with Crippen molar-refractivity contribution in [1.29, 1.82) is 0 Å². The summed E-state index contributed by atoms with van der Waals surface area (Å²) in [5.74, 6) is 1.30. The van der Waals surface area contributed by atoms with Gasteiger partial charge in [-0.1, -0.05) is 19.4 Å². The maximum absolute atomic E-state index is 12.4. The van der Waals surface area contributed by atoms with E-state index in [1.165, 1.54) is 12.7 Å².